The van der Waals surface area contributed by atoms with Crippen molar-refractivity contribution in [1.82, 2.24) is 10.6 Å². The van der Waals surface area contributed by atoms with Gasteiger partial charge < -0.3 is 15.7 Å². The van der Waals surface area contributed by atoms with Crippen LogP contribution in [0.1, 0.15) is 30.9 Å². The summed E-state index contributed by atoms with van der Waals surface area (Å²) in [5, 5.41) is 13.8. The second kappa shape index (κ2) is 5.53. The molecule has 1 heterocycles. The van der Waals surface area contributed by atoms with Crippen molar-refractivity contribution >= 4 is 12.0 Å². The number of amides is 2. The van der Waals surface area contributed by atoms with Crippen LogP contribution in [0, 0.1) is 0 Å². The van der Waals surface area contributed by atoms with Gasteiger partial charge in [0.2, 0.25) is 5.91 Å². The molecule has 5 heteroatoms. The fourth-order valence-corrected chi connectivity index (χ4v) is 2.22. The molecule has 0 aliphatic carbocycles. The maximum atomic E-state index is 11.9. The van der Waals surface area contributed by atoms with Gasteiger partial charge >= 0.3 is 6.09 Å². The molecule has 1 aromatic rings. The van der Waals surface area contributed by atoms with Crippen molar-refractivity contribution in [3.63, 3.8) is 0 Å². The van der Waals surface area contributed by atoms with Crippen molar-refractivity contribution < 1.29 is 14.7 Å². The van der Waals surface area contributed by atoms with Crippen LogP contribution in [0.2, 0.25) is 0 Å². The van der Waals surface area contributed by atoms with Crippen LogP contribution in [-0.4, -0.2) is 23.1 Å². The standard InChI is InChI=1S/C13H16N2O3/c16-12-11(15-13(17)18)8-4-7-10(14-12)9-5-2-1-3-6-9/h1-3,5-6,10-11,15H,4,7-8H2,(H,14,16)(H,17,18)/t10-,11-/m0/s1. The highest BCUT2D eigenvalue weighted by Gasteiger charge is 2.27. The molecule has 0 spiro atoms. The summed E-state index contributed by atoms with van der Waals surface area (Å²) in [5.41, 5.74) is 1.06. The minimum atomic E-state index is -1.16. The average Bonchev–Trinajstić information content (AvgIpc) is 2.53. The van der Waals surface area contributed by atoms with Crippen molar-refractivity contribution in [2.75, 3.05) is 0 Å². The van der Waals surface area contributed by atoms with E-state index in [1.54, 1.807) is 0 Å². The van der Waals surface area contributed by atoms with Gasteiger partial charge in [-0.05, 0) is 24.8 Å². The summed E-state index contributed by atoms with van der Waals surface area (Å²) in [4.78, 5) is 22.5. The van der Waals surface area contributed by atoms with Gasteiger partial charge in [0, 0.05) is 0 Å². The molecule has 2 amide bonds. The van der Waals surface area contributed by atoms with Gasteiger partial charge in [-0.3, -0.25) is 4.79 Å². The lowest BCUT2D eigenvalue weighted by Gasteiger charge is -2.17. The SMILES string of the molecule is O=C(O)N[C@H]1CCC[C@@H](c2ccccc2)NC1=O. The summed E-state index contributed by atoms with van der Waals surface area (Å²) in [5.74, 6) is -0.247. The maximum absolute atomic E-state index is 11.9. The number of nitrogens with one attached hydrogen (secondary N) is 2. The molecule has 2 rings (SSSR count). The van der Waals surface area contributed by atoms with Gasteiger partial charge in [0.25, 0.3) is 0 Å². The van der Waals surface area contributed by atoms with Gasteiger partial charge in [0.15, 0.2) is 0 Å². The van der Waals surface area contributed by atoms with Crippen LogP contribution in [0.5, 0.6) is 0 Å². The summed E-state index contributed by atoms with van der Waals surface area (Å²) >= 11 is 0. The highest BCUT2D eigenvalue weighted by molar-refractivity contribution is 5.85. The molecule has 96 valence electrons. The van der Waals surface area contributed by atoms with Gasteiger partial charge in [0.1, 0.15) is 6.04 Å². The molecule has 1 saturated heterocycles. The lowest BCUT2D eigenvalue weighted by Crippen LogP contribution is -2.45. The quantitative estimate of drug-likeness (QED) is 0.744. The molecular weight excluding hydrogens is 232 g/mol. The monoisotopic (exact) mass is 248 g/mol. The van der Waals surface area contributed by atoms with Crippen LogP contribution >= 0.6 is 0 Å². The molecule has 0 radical (unpaired) electrons. The normalized spacial score (nSPS) is 23.9. The van der Waals surface area contributed by atoms with E-state index in [0.717, 1.165) is 18.4 Å². The Morgan fingerprint density at radius 2 is 2.00 bits per heavy atom. The Morgan fingerprint density at radius 1 is 1.28 bits per heavy atom. The summed E-state index contributed by atoms with van der Waals surface area (Å²) in [7, 11) is 0. The van der Waals surface area contributed by atoms with E-state index in [-0.39, 0.29) is 11.9 Å². The second-order valence-corrected chi connectivity index (χ2v) is 4.40. The number of hydrogen-bond donors (Lipinski definition) is 3. The van der Waals surface area contributed by atoms with Gasteiger partial charge in [-0.15, -0.1) is 0 Å². The summed E-state index contributed by atoms with van der Waals surface area (Å²) in [6, 6.07) is 9.05. The molecular formula is C13H16N2O3. The van der Waals surface area contributed by atoms with E-state index in [0.29, 0.717) is 6.42 Å². The summed E-state index contributed by atoms with van der Waals surface area (Å²) in [6.07, 6.45) is 1.02. The maximum Gasteiger partial charge on any atom is 0.405 e. The third kappa shape index (κ3) is 3.00. The van der Waals surface area contributed by atoms with Crippen LogP contribution in [0.4, 0.5) is 4.79 Å². The van der Waals surface area contributed by atoms with Crippen LogP contribution in [0.25, 0.3) is 0 Å². The molecule has 5 nitrogen and oxygen atoms in total. The Kier molecular flexibility index (Phi) is 3.82. The van der Waals surface area contributed by atoms with E-state index < -0.39 is 12.1 Å². The molecule has 1 aliphatic rings. The molecule has 1 aliphatic heterocycles. The number of hydrogen-bond acceptors (Lipinski definition) is 2. The van der Waals surface area contributed by atoms with Crippen molar-refractivity contribution in [1.29, 1.82) is 0 Å². The average molecular weight is 248 g/mol. The minimum absolute atomic E-state index is 0.0284. The van der Waals surface area contributed by atoms with Crippen molar-refractivity contribution in [2.24, 2.45) is 0 Å². The Morgan fingerprint density at radius 3 is 2.67 bits per heavy atom. The zero-order chi connectivity index (χ0) is 13.0. The molecule has 18 heavy (non-hydrogen) atoms. The van der Waals surface area contributed by atoms with E-state index in [4.69, 9.17) is 5.11 Å². The Bertz CT molecular complexity index is 433. The smallest absolute Gasteiger partial charge is 0.405 e. The lowest BCUT2D eigenvalue weighted by atomic mass is 10.0. The largest absolute Gasteiger partial charge is 0.465 e. The molecule has 2 atom stereocenters. The molecule has 1 aromatic carbocycles. The zero-order valence-electron chi connectivity index (χ0n) is 9.93. The number of carboxylic acid groups (broad SMARTS) is 1. The number of carbonyl (C=O) groups excluding carboxylic acids is 1. The Balaban J connectivity index is 2.06. The van der Waals surface area contributed by atoms with E-state index in [1.807, 2.05) is 30.3 Å². The number of carbonyl (C=O) groups is 2. The third-order valence-electron chi connectivity index (χ3n) is 3.12. The van der Waals surface area contributed by atoms with Gasteiger partial charge in [0.05, 0.1) is 6.04 Å². The fraction of sp³-hybridized carbons (Fsp3) is 0.385. The fourth-order valence-electron chi connectivity index (χ4n) is 2.22. The topological polar surface area (TPSA) is 78.4 Å². The van der Waals surface area contributed by atoms with Crippen molar-refractivity contribution in [2.45, 2.75) is 31.3 Å². The molecule has 0 aromatic heterocycles. The highest BCUT2D eigenvalue weighted by Crippen LogP contribution is 2.22. The molecule has 0 unspecified atom stereocenters. The van der Waals surface area contributed by atoms with Gasteiger partial charge in [-0.2, -0.15) is 0 Å². The number of benzene rings is 1. The van der Waals surface area contributed by atoms with Gasteiger partial charge in [-0.1, -0.05) is 30.3 Å². The van der Waals surface area contributed by atoms with Gasteiger partial charge in [-0.25, -0.2) is 4.79 Å². The molecule has 0 bridgehead atoms. The van der Waals surface area contributed by atoms with Crippen molar-refractivity contribution in [3.8, 4) is 0 Å². The summed E-state index contributed by atoms with van der Waals surface area (Å²) < 4.78 is 0. The first-order valence-corrected chi connectivity index (χ1v) is 6.01. The van der Waals surface area contributed by atoms with Crippen LogP contribution < -0.4 is 10.6 Å². The number of rotatable bonds is 2. The predicted molar refractivity (Wildman–Crippen MR) is 66.1 cm³/mol. The molecule has 3 N–H and O–H groups in total. The van der Waals surface area contributed by atoms with E-state index in [2.05, 4.69) is 10.6 Å². The van der Waals surface area contributed by atoms with E-state index in [1.165, 1.54) is 0 Å². The van der Waals surface area contributed by atoms with E-state index >= 15 is 0 Å². The Labute approximate surface area is 105 Å². The lowest BCUT2D eigenvalue weighted by molar-refractivity contribution is -0.123. The van der Waals surface area contributed by atoms with Crippen LogP contribution in [0.3, 0.4) is 0 Å². The highest BCUT2D eigenvalue weighted by atomic mass is 16.4. The van der Waals surface area contributed by atoms with Crippen molar-refractivity contribution in [3.05, 3.63) is 35.9 Å². The summed E-state index contributed by atoms with van der Waals surface area (Å²) in [6.45, 7) is 0. The van der Waals surface area contributed by atoms with E-state index in [9.17, 15) is 9.59 Å². The van der Waals surface area contributed by atoms with Crippen LogP contribution in [0.15, 0.2) is 30.3 Å². The first kappa shape index (κ1) is 12.4. The third-order valence-corrected chi connectivity index (χ3v) is 3.12. The molecule has 1 fully saturated rings. The zero-order valence-corrected chi connectivity index (χ0v) is 9.93. The second-order valence-electron chi connectivity index (χ2n) is 4.40. The predicted octanol–water partition coefficient (Wildman–Crippen LogP) is 1.66. The first-order valence-electron chi connectivity index (χ1n) is 6.01. The first-order chi connectivity index (χ1) is 8.66. The van der Waals surface area contributed by atoms with Crippen LogP contribution in [-0.2, 0) is 4.79 Å². The Hall–Kier alpha value is -2.04. The minimum Gasteiger partial charge on any atom is -0.465 e. The molecule has 0 saturated carbocycles.